The highest BCUT2D eigenvalue weighted by Gasteiger charge is 2.52. The number of carboxylic acid groups (broad SMARTS) is 1. The van der Waals surface area contributed by atoms with Gasteiger partial charge in [-0.1, -0.05) is 78.9 Å². The summed E-state index contributed by atoms with van der Waals surface area (Å²) in [6, 6.07) is 24.5. The van der Waals surface area contributed by atoms with E-state index in [0.29, 0.717) is 12.8 Å². The fraction of sp³-hybridized carbons (Fsp3) is 0.207. The molecule has 1 aliphatic carbocycles. The topological polar surface area (TPSA) is 93.5 Å². The van der Waals surface area contributed by atoms with E-state index in [2.05, 4.69) is 10.4 Å². The number of aromatic nitrogens is 2. The van der Waals surface area contributed by atoms with Gasteiger partial charge in [0.15, 0.2) is 11.6 Å². The Morgan fingerprint density at radius 3 is 2.41 bits per heavy atom. The molecule has 0 radical (unpaired) electrons. The molecule has 0 bridgehead atoms. The van der Waals surface area contributed by atoms with Crippen LogP contribution in [0.5, 0.6) is 0 Å². The number of carbonyl (C=O) groups is 2. The predicted molar refractivity (Wildman–Crippen MR) is 137 cm³/mol. The van der Waals surface area contributed by atoms with Crippen molar-refractivity contribution in [2.24, 2.45) is 0 Å². The maximum absolute atomic E-state index is 14.4. The van der Waals surface area contributed by atoms with E-state index in [4.69, 9.17) is 4.74 Å². The molecule has 1 aliphatic rings. The summed E-state index contributed by atoms with van der Waals surface area (Å²) in [6.45, 7) is 2.02. The predicted octanol–water partition coefficient (Wildman–Crippen LogP) is 6.16. The molecule has 1 saturated carbocycles. The lowest BCUT2D eigenvalue weighted by molar-refractivity contribution is -0.140. The molecule has 4 aromatic rings. The molecule has 0 aliphatic heterocycles. The van der Waals surface area contributed by atoms with E-state index >= 15 is 0 Å². The lowest BCUT2D eigenvalue weighted by Gasteiger charge is -2.16. The Hall–Kier alpha value is -4.46. The zero-order valence-electron chi connectivity index (χ0n) is 20.2. The van der Waals surface area contributed by atoms with Crippen LogP contribution in [0.2, 0.25) is 0 Å². The first-order chi connectivity index (χ1) is 17.9. The van der Waals surface area contributed by atoms with Gasteiger partial charge in [-0.2, -0.15) is 5.10 Å². The first-order valence-electron chi connectivity index (χ1n) is 12.0. The van der Waals surface area contributed by atoms with Gasteiger partial charge in [0.25, 0.3) is 0 Å². The van der Waals surface area contributed by atoms with Crippen LogP contribution in [0.4, 0.5) is 15.0 Å². The van der Waals surface area contributed by atoms with Gasteiger partial charge in [0, 0.05) is 0 Å². The molecule has 37 heavy (non-hydrogen) atoms. The maximum Gasteiger partial charge on any atom is 0.413 e. The summed E-state index contributed by atoms with van der Waals surface area (Å²) in [5, 5.41) is 16.2. The van der Waals surface area contributed by atoms with E-state index in [9.17, 15) is 19.1 Å². The second kappa shape index (κ2) is 9.89. The SMILES string of the molecule is CC(OC(=O)Nc1nn(Cc2ccc(-c3ccccc3C3(C(=O)O)CC3)cc2)cc1F)c1ccccc1. The minimum Gasteiger partial charge on any atom is -0.481 e. The molecule has 188 valence electrons. The van der Waals surface area contributed by atoms with Gasteiger partial charge >= 0.3 is 12.1 Å². The highest BCUT2D eigenvalue weighted by atomic mass is 19.1. The fourth-order valence-electron chi connectivity index (χ4n) is 4.49. The van der Waals surface area contributed by atoms with Gasteiger partial charge in [-0.05, 0) is 47.6 Å². The Morgan fingerprint density at radius 2 is 1.73 bits per heavy atom. The highest BCUT2D eigenvalue weighted by Crippen LogP contribution is 2.51. The molecule has 7 nitrogen and oxygen atoms in total. The van der Waals surface area contributed by atoms with E-state index in [-0.39, 0.29) is 12.4 Å². The van der Waals surface area contributed by atoms with Crippen molar-refractivity contribution >= 4 is 17.9 Å². The van der Waals surface area contributed by atoms with Crippen molar-refractivity contribution in [1.82, 2.24) is 9.78 Å². The number of carbonyl (C=O) groups excluding carboxylic acids is 1. The Morgan fingerprint density at radius 1 is 1.05 bits per heavy atom. The number of carboxylic acids is 1. The van der Waals surface area contributed by atoms with E-state index in [0.717, 1.165) is 27.8 Å². The van der Waals surface area contributed by atoms with Crippen molar-refractivity contribution in [2.75, 3.05) is 5.32 Å². The monoisotopic (exact) mass is 499 g/mol. The number of benzene rings is 3. The molecule has 3 aromatic carbocycles. The van der Waals surface area contributed by atoms with Crippen LogP contribution in [0.3, 0.4) is 0 Å². The number of hydrogen-bond donors (Lipinski definition) is 2. The number of nitrogens with one attached hydrogen (secondary N) is 1. The van der Waals surface area contributed by atoms with Crippen LogP contribution >= 0.6 is 0 Å². The van der Waals surface area contributed by atoms with Crippen molar-refractivity contribution in [1.29, 1.82) is 0 Å². The van der Waals surface area contributed by atoms with E-state index in [1.54, 1.807) is 6.92 Å². The van der Waals surface area contributed by atoms with Crippen molar-refractivity contribution < 1.29 is 23.8 Å². The highest BCUT2D eigenvalue weighted by molar-refractivity contribution is 5.88. The normalized spacial score (nSPS) is 14.5. The third-order valence-electron chi connectivity index (χ3n) is 6.70. The van der Waals surface area contributed by atoms with Crippen LogP contribution in [0.15, 0.2) is 85.1 Å². The molecule has 1 unspecified atom stereocenters. The van der Waals surface area contributed by atoms with Crippen molar-refractivity contribution in [3.63, 3.8) is 0 Å². The van der Waals surface area contributed by atoms with Gasteiger partial charge in [-0.15, -0.1) is 0 Å². The molecular formula is C29H26FN3O4. The number of ether oxygens (including phenoxy) is 1. The summed E-state index contributed by atoms with van der Waals surface area (Å²) in [4.78, 5) is 24.1. The van der Waals surface area contributed by atoms with Crippen molar-refractivity contribution in [2.45, 2.75) is 37.8 Å². The summed E-state index contributed by atoms with van der Waals surface area (Å²) in [7, 11) is 0. The Bertz CT molecular complexity index is 1430. The number of nitrogens with zero attached hydrogens (tertiary/aromatic N) is 2. The van der Waals surface area contributed by atoms with Crippen LogP contribution in [-0.2, 0) is 21.5 Å². The zero-order chi connectivity index (χ0) is 26.0. The number of amides is 1. The number of anilines is 1. The molecule has 1 aromatic heterocycles. The average Bonchev–Trinajstić information content (AvgIpc) is 3.65. The second-order valence-electron chi connectivity index (χ2n) is 9.24. The van der Waals surface area contributed by atoms with Crippen LogP contribution in [0.1, 0.15) is 42.6 Å². The van der Waals surface area contributed by atoms with Crippen molar-refractivity contribution in [3.05, 3.63) is 108 Å². The lowest BCUT2D eigenvalue weighted by atomic mass is 9.88. The minimum absolute atomic E-state index is 0.209. The summed E-state index contributed by atoms with van der Waals surface area (Å²) < 4.78 is 21.2. The van der Waals surface area contributed by atoms with Gasteiger partial charge in [0.2, 0.25) is 0 Å². The quantitative estimate of drug-likeness (QED) is 0.303. The number of rotatable bonds is 8. The van der Waals surface area contributed by atoms with E-state index in [1.165, 1.54) is 10.9 Å². The first kappa shape index (κ1) is 24.2. The summed E-state index contributed by atoms with van der Waals surface area (Å²) in [6.07, 6.45) is 1.19. The van der Waals surface area contributed by atoms with Crippen LogP contribution in [0.25, 0.3) is 11.1 Å². The Balaban J connectivity index is 1.25. The van der Waals surface area contributed by atoms with Gasteiger partial charge < -0.3 is 9.84 Å². The minimum atomic E-state index is -0.800. The van der Waals surface area contributed by atoms with Crippen molar-refractivity contribution in [3.8, 4) is 11.1 Å². The molecule has 1 amide bonds. The van der Waals surface area contributed by atoms with Gasteiger partial charge in [0.1, 0.15) is 6.10 Å². The average molecular weight is 500 g/mol. The molecule has 8 heteroatoms. The molecule has 1 heterocycles. The molecular weight excluding hydrogens is 473 g/mol. The third kappa shape index (κ3) is 5.09. The summed E-state index contributed by atoms with van der Waals surface area (Å²) in [5.41, 5.74) is 3.53. The van der Waals surface area contributed by atoms with Gasteiger partial charge in [-0.3, -0.25) is 14.8 Å². The van der Waals surface area contributed by atoms with Crippen LogP contribution in [-0.4, -0.2) is 26.9 Å². The lowest BCUT2D eigenvalue weighted by Crippen LogP contribution is -2.20. The largest absolute Gasteiger partial charge is 0.481 e. The standard InChI is InChI=1S/C29H26FN3O4/c1-19(21-7-3-2-4-8-21)37-28(36)31-26-25(30)18-33(32-26)17-20-11-13-22(14-12-20)23-9-5-6-10-24(23)29(15-16-29)27(34)35/h2-14,18-19H,15-17H2,1H3,(H,34,35)(H,31,32,36). The molecule has 0 spiro atoms. The molecule has 2 N–H and O–H groups in total. The molecule has 1 atom stereocenters. The number of aliphatic carboxylic acids is 1. The van der Waals surface area contributed by atoms with E-state index < -0.39 is 29.4 Å². The van der Waals surface area contributed by atoms with Crippen LogP contribution in [0, 0.1) is 5.82 Å². The first-order valence-corrected chi connectivity index (χ1v) is 12.0. The summed E-state index contributed by atoms with van der Waals surface area (Å²) in [5.74, 6) is -1.67. The smallest absolute Gasteiger partial charge is 0.413 e. The maximum atomic E-state index is 14.4. The fourth-order valence-corrected chi connectivity index (χ4v) is 4.49. The molecule has 1 fully saturated rings. The van der Waals surface area contributed by atoms with Gasteiger partial charge in [0.05, 0.1) is 18.2 Å². The summed E-state index contributed by atoms with van der Waals surface area (Å²) >= 11 is 0. The second-order valence-corrected chi connectivity index (χ2v) is 9.24. The third-order valence-corrected chi connectivity index (χ3v) is 6.70. The Labute approximate surface area is 213 Å². The Kier molecular flexibility index (Phi) is 6.48. The zero-order valence-corrected chi connectivity index (χ0v) is 20.2. The van der Waals surface area contributed by atoms with Gasteiger partial charge in [-0.25, -0.2) is 9.18 Å². The van der Waals surface area contributed by atoms with Crippen LogP contribution < -0.4 is 5.32 Å². The van der Waals surface area contributed by atoms with E-state index in [1.807, 2.05) is 78.9 Å². The molecule has 0 saturated heterocycles. The molecule has 5 rings (SSSR count). The number of halogens is 1. The number of hydrogen-bond acceptors (Lipinski definition) is 4.